The van der Waals surface area contributed by atoms with Crippen molar-refractivity contribution in [3.63, 3.8) is 0 Å². The highest BCUT2D eigenvalue weighted by Crippen LogP contribution is 2.29. The van der Waals surface area contributed by atoms with Gasteiger partial charge in [-0.1, -0.05) is 31.2 Å². The van der Waals surface area contributed by atoms with E-state index in [-0.39, 0.29) is 24.2 Å². The van der Waals surface area contributed by atoms with E-state index < -0.39 is 23.3 Å². The monoisotopic (exact) mass is 490 g/mol. The average Bonchev–Trinajstić information content (AvgIpc) is 2.89. The van der Waals surface area contributed by atoms with Gasteiger partial charge in [-0.2, -0.15) is 0 Å². The number of halogens is 1. The lowest BCUT2D eigenvalue weighted by atomic mass is 9.88. The van der Waals surface area contributed by atoms with E-state index in [0.29, 0.717) is 17.7 Å². The molecule has 8 heteroatoms. The number of carbonyl (C=O) groups excluding carboxylic acids is 2. The van der Waals surface area contributed by atoms with Crippen molar-refractivity contribution in [2.45, 2.75) is 44.7 Å². The Hall–Kier alpha value is -3.62. The van der Waals surface area contributed by atoms with Crippen molar-refractivity contribution in [1.29, 1.82) is 0 Å². The fourth-order valence-electron chi connectivity index (χ4n) is 4.72. The van der Waals surface area contributed by atoms with Crippen LogP contribution in [0.3, 0.4) is 0 Å². The summed E-state index contributed by atoms with van der Waals surface area (Å²) in [5.74, 6) is -1.24. The fraction of sp³-hybridized carbons (Fsp3) is 0.321. The number of hydrogen-bond donors (Lipinski definition) is 3. The Morgan fingerprint density at radius 3 is 2.56 bits per heavy atom. The van der Waals surface area contributed by atoms with Crippen LogP contribution in [0.1, 0.15) is 48.1 Å². The molecule has 4 rings (SSSR count). The molecule has 0 saturated carbocycles. The number of aromatic nitrogens is 1. The fourth-order valence-corrected chi connectivity index (χ4v) is 4.72. The summed E-state index contributed by atoms with van der Waals surface area (Å²) in [6, 6.07) is 16.4. The molecule has 0 aliphatic heterocycles. The molecule has 2 atom stereocenters. The number of carbonyl (C=O) groups is 2. The number of hydrogen-bond acceptors (Lipinski definition) is 5. The number of nitrogens with one attached hydrogen (secondary N) is 3. The van der Waals surface area contributed by atoms with E-state index in [9.17, 15) is 18.8 Å². The second-order valence-corrected chi connectivity index (χ2v) is 8.94. The van der Waals surface area contributed by atoms with Crippen molar-refractivity contribution in [3.05, 3.63) is 88.0 Å². The van der Waals surface area contributed by atoms with Crippen LogP contribution in [-0.4, -0.2) is 36.0 Å². The topological polar surface area (TPSA) is 92.2 Å². The van der Waals surface area contributed by atoms with Gasteiger partial charge in [-0.3, -0.25) is 14.4 Å². The molecule has 0 spiro atoms. The maximum atomic E-state index is 13.5. The number of rotatable bonds is 8. The zero-order chi connectivity index (χ0) is 25.7. The van der Waals surface area contributed by atoms with E-state index in [4.69, 9.17) is 0 Å². The molecule has 1 aliphatic carbocycles. The Balaban J connectivity index is 1.66. The Bertz CT molecular complexity index is 1300. The Morgan fingerprint density at radius 1 is 1.08 bits per heavy atom. The summed E-state index contributed by atoms with van der Waals surface area (Å²) in [7, 11) is 1.67. The number of amides is 1. The SMILES string of the molecule is CCC(NC)C(=O)Nc1ccc(-c2ccc(F)cc2)n(C(=O)CNC2CCCc3ccccc32)c1=O. The lowest BCUT2D eigenvalue weighted by Gasteiger charge is -2.26. The third-order valence-corrected chi connectivity index (χ3v) is 6.67. The molecular weight excluding hydrogens is 459 g/mol. The van der Waals surface area contributed by atoms with Gasteiger partial charge in [-0.05, 0) is 85.8 Å². The van der Waals surface area contributed by atoms with Crippen LogP contribution < -0.4 is 21.5 Å². The van der Waals surface area contributed by atoms with Gasteiger partial charge in [0.1, 0.15) is 11.5 Å². The molecule has 188 valence electrons. The Labute approximate surface area is 209 Å². The molecule has 1 aliphatic rings. The predicted molar refractivity (Wildman–Crippen MR) is 139 cm³/mol. The quantitative estimate of drug-likeness (QED) is 0.446. The summed E-state index contributed by atoms with van der Waals surface area (Å²) in [5.41, 5.74) is 2.65. The van der Waals surface area contributed by atoms with Gasteiger partial charge in [0.2, 0.25) is 11.8 Å². The van der Waals surface area contributed by atoms with Crippen LogP contribution in [0.5, 0.6) is 0 Å². The zero-order valence-corrected chi connectivity index (χ0v) is 20.5. The number of likely N-dealkylation sites (N-methyl/N-ethyl adjacent to an activating group) is 1. The predicted octanol–water partition coefficient (Wildman–Crippen LogP) is 3.90. The number of pyridine rings is 1. The van der Waals surface area contributed by atoms with Crippen molar-refractivity contribution in [2.75, 3.05) is 18.9 Å². The van der Waals surface area contributed by atoms with Gasteiger partial charge in [-0.25, -0.2) is 8.96 Å². The molecule has 2 unspecified atom stereocenters. The van der Waals surface area contributed by atoms with Gasteiger partial charge >= 0.3 is 0 Å². The molecule has 0 saturated heterocycles. The lowest BCUT2D eigenvalue weighted by molar-refractivity contribution is -0.118. The van der Waals surface area contributed by atoms with E-state index in [1.807, 2.05) is 19.1 Å². The molecule has 36 heavy (non-hydrogen) atoms. The summed E-state index contributed by atoms with van der Waals surface area (Å²) in [5, 5.41) is 8.87. The molecule has 2 aromatic carbocycles. The van der Waals surface area contributed by atoms with Gasteiger partial charge < -0.3 is 16.0 Å². The van der Waals surface area contributed by atoms with Crippen LogP contribution in [-0.2, 0) is 11.2 Å². The minimum atomic E-state index is -0.632. The second kappa shape index (κ2) is 11.4. The largest absolute Gasteiger partial charge is 0.320 e. The number of benzene rings is 2. The van der Waals surface area contributed by atoms with E-state index in [1.165, 1.54) is 41.5 Å². The third-order valence-electron chi connectivity index (χ3n) is 6.67. The Morgan fingerprint density at radius 2 is 1.83 bits per heavy atom. The first kappa shape index (κ1) is 25.5. The van der Waals surface area contributed by atoms with Gasteiger partial charge in [0.05, 0.1) is 18.3 Å². The highest BCUT2D eigenvalue weighted by molar-refractivity contribution is 5.95. The normalized spacial score (nSPS) is 15.7. The molecule has 0 bridgehead atoms. The molecule has 3 N–H and O–H groups in total. The molecule has 3 aromatic rings. The van der Waals surface area contributed by atoms with E-state index >= 15 is 0 Å². The maximum Gasteiger partial charge on any atom is 0.281 e. The molecule has 1 amide bonds. The van der Waals surface area contributed by atoms with Gasteiger partial charge in [-0.15, -0.1) is 0 Å². The number of fused-ring (bicyclic) bond motifs is 1. The maximum absolute atomic E-state index is 13.5. The highest BCUT2D eigenvalue weighted by Gasteiger charge is 2.23. The third kappa shape index (κ3) is 5.45. The van der Waals surface area contributed by atoms with E-state index in [1.54, 1.807) is 13.1 Å². The van der Waals surface area contributed by atoms with E-state index in [0.717, 1.165) is 23.8 Å². The highest BCUT2D eigenvalue weighted by atomic mass is 19.1. The van der Waals surface area contributed by atoms with Crippen LogP contribution in [0, 0.1) is 5.82 Å². The molecular formula is C28H31FN4O3. The van der Waals surface area contributed by atoms with Crippen molar-refractivity contribution in [3.8, 4) is 11.3 Å². The first-order chi connectivity index (χ1) is 17.4. The molecule has 7 nitrogen and oxygen atoms in total. The van der Waals surface area contributed by atoms with Crippen LogP contribution >= 0.6 is 0 Å². The van der Waals surface area contributed by atoms with Crippen molar-refractivity contribution < 1.29 is 14.0 Å². The Kier molecular flexibility index (Phi) is 8.07. The van der Waals surface area contributed by atoms with E-state index in [2.05, 4.69) is 28.1 Å². The van der Waals surface area contributed by atoms with Crippen LogP contribution in [0.25, 0.3) is 11.3 Å². The summed E-state index contributed by atoms with van der Waals surface area (Å²) >= 11 is 0. The van der Waals surface area contributed by atoms with Crippen LogP contribution in [0.2, 0.25) is 0 Å². The molecule has 1 aromatic heterocycles. The lowest BCUT2D eigenvalue weighted by Crippen LogP contribution is -2.41. The molecule has 0 radical (unpaired) electrons. The van der Waals surface area contributed by atoms with Crippen LogP contribution in [0.15, 0.2) is 65.5 Å². The summed E-state index contributed by atoms with van der Waals surface area (Å²) in [6.07, 6.45) is 3.44. The van der Waals surface area contributed by atoms with Crippen molar-refractivity contribution in [1.82, 2.24) is 15.2 Å². The van der Waals surface area contributed by atoms with Gasteiger partial charge in [0.15, 0.2) is 0 Å². The summed E-state index contributed by atoms with van der Waals surface area (Å²) < 4.78 is 14.6. The first-order valence-electron chi connectivity index (χ1n) is 12.3. The zero-order valence-electron chi connectivity index (χ0n) is 20.5. The second-order valence-electron chi connectivity index (χ2n) is 8.94. The number of aryl methyl sites for hydroxylation is 1. The number of nitrogens with zero attached hydrogens (tertiary/aromatic N) is 1. The first-order valence-corrected chi connectivity index (χ1v) is 12.3. The number of anilines is 1. The van der Waals surface area contributed by atoms with Gasteiger partial charge in [0.25, 0.3) is 5.56 Å². The van der Waals surface area contributed by atoms with Crippen molar-refractivity contribution in [2.24, 2.45) is 0 Å². The smallest absolute Gasteiger partial charge is 0.281 e. The minimum Gasteiger partial charge on any atom is -0.320 e. The molecule has 1 heterocycles. The summed E-state index contributed by atoms with van der Waals surface area (Å²) in [6.45, 7) is 1.79. The minimum absolute atomic E-state index is 0.00713. The van der Waals surface area contributed by atoms with Crippen molar-refractivity contribution >= 4 is 17.5 Å². The standard InChI is InChI=1S/C28H31FN4O3/c1-3-22(30-2)27(35)32-24-15-16-25(19-11-13-20(29)14-12-19)33(28(24)36)26(34)17-31-23-10-6-8-18-7-4-5-9-21(18)23/h4-5,7,9,11-16,22-23,30-31H,3,6,8,10,17H2,1-2H3,(H,32,35). The summed E-state index contributed by atoms with van der Waals surface area (Å²) in [4.78, 5) is 39.5. The average molecular weight is 491 g/mol. The van der Waals surface area contributed by atoms with Crippen LogP contribution in [0.4, 0.5) is 10.1 Å². The van der Waals surface area contributed by atoms with Gasteiger partial charge in [0, 0.05) is 6.04 Å². The molecule has 0 fully saturated rings.